The van der Waals surface area contributed by atoms with Crippen molar-refractivity contribution >= 4 is 17.2 Å². The maximum atomic E-state index is 12.6. The maximum Gasteiger partial charge on any atom is 0.273 e. The molecule has 25 heavy (non-hydrogen) atoms. The van der Waals surface area contributed by atoms with Crippen LogP contribution in [0.4, 0.5) is 0 Å². The molecule has 1 aliphatic carbocycles. The zero-order chi connectivity index (χ0) is 17.3. The summed E-state index contributed by atoms with van der Waals surface area (Å²) in [5.74, 6) is 0.997. The normalized spacial score (nSPS) is 20.7. The first kappa shape index (κ1) is 16.8. The fourth-order valence-electron chi connectivity index (χ4n) is 4.05. The lowest BCUT2D eigenvalue weighted by Gasteiger charge is -2.42. The number of aromatic nitrogens is 1. The Labute approximate surface area is 151 Å². The van der Waals surface area contributed by atoms with E-state index in [1.54, 1.807) is 18.3 Å². The molecule has 2 fully saturated rings. The first-order valence-corrected chi connectivity index (χ1v) is 9.93. The summed E-state index contributed by atoms with van der Waals surface area (Å²) in [7, 11) is 0. The van der Waals surface area contributed by atoms with Crippen LogP contribution in [0.3, 0.4) is 0 Å². The van der Waals surface area contributed by atoms with Crippen LogP contribution < -0.4 is 5.32 Å². The molecular formula is C19H24N2O3S. The third kappa shape index (κ3) is 3.51. The summed E-state index contributed by atoms with van der Waals surface area (Å²) in [5.41, 5.74) is 0.866. The topological polar surface area (TPSA) is 64.4 Å². The van der Waals surface area contributed by atoms with E-state index in [9.17, 15) is 4.79 Å². The zero-order valence-corrected chi connectivity index (χ0v) is 15.4. The summed E-state index contributed by atoms with van der Waals surface area (Å²) in [5, 5.41) is 5.14. The molecule has 1 saturated heterocycles. The van der Waals surface area contributed by atoms with Gasteiger partial charge in [-0.3, -0.25) is 4.79 Å². The van der Waals surface area contributed by atoms with Gasteiger partial charge in [-0.2, -0.15) is 0 Å². The highest BCUT2D eigenvalue weighted by atomic mass is 32.1. The van der Waals surface area contributed by atoms with Gasteiger partial charge < -0.3 is 14.5 Å². The Morgan fingerprint density at radius 2 is 2.04 bits per heavy atom. The number of oxazole rings is 1. The molecular weight excluding hydrogens is 336 g/mol. The largest absolute Gasteiger partial charge is 0.440 e. The second-order valence-electron chi connectivity index (χ2n) is 7.26. The molecule has 2 aromatic rings. The highest BCUT2D eigenvalue weighted by Crippen LogP contribution is 2.44. The van der Waals surface area contributed by atoms with Crippen molar-refractivity contribution < 1.29 is 13.9 Å². The van der Waals surface area contributed by atoms with Gasteiger partial charge in [0.05, 0.1) is 4.88 Å². The van der Waals surface area contributed by atoms with Crippen LogP contribution in [0.15, 0.2) is 21.9 Å². The molecule has 4 rings (SSSR count). The number of hydrogen-bond acceptors (Lipinski definition) is 5. The van der Waals surface area contributed by atoms with Crippen LogP contribution in [0.2, 0.25) is 0 Å². The predicted molar refractivity (Wildman–Crippen MR) is 96.8 cm³/mol. The number of carbonyl (C=O) groups is 1. The van der Waals surface area contributed by atoms with Gasteiger partial charge in [0.15, 0.2) is 5.69 Å². The quantitative estimate of drug-likeness (QED) is 0.892. The van der Waals surface area contributed by atoms with Gasteiger partial charge in [-0.15, -0.1) is 11.3 Å². The van der Waals surface area contributed by atoms with Crippen LogP contribution in [-0.4, -0.2) is 30.1 Å². The zero-order valence-electron chi connectivity index (χ0n) is 14.5. The maximum absolute atomic E-state index is 12.6. The SMILES string of the molecule is Cc1oc(-c2cccs2)nc1C(=O)NC1CCC2(CCOCC2)CC1. The molecule has 3 heterocycles. The van der Waals surface area contributed by atoms with Gasteiger partial charge in [0.2, 0.25) is 5.89 Å². The van der Waals surface area contributed by atoms with E-state index in [1.807, 2.05) is 17.5 Å². The van der Waals surface area contributed by atoms with Crippen molar-refractivity contribution in [1.29, 1.82) is 0 Å². The Balaban J connectivity index is 1.38. The minimum atomic E-state index is -0.114. The number of aryl methyl sites for hydroxylation is 1. The Morgan fingerprint density at radius 1 is 1.28 bits per heavy atom. The van der Waals surface area contributed by atoms with Crippen molar-refractivity contribution in [2.24, 2.45) is 5.41 Å². The summed E-state index contributed by atoms with van der Waals surface area (Å²) in [6.07, 6.45) is 6.78. The molecule has 5 nitrogen and oxygen atoms in total. The first-order chi connectivity index (χ1) is 12.2. The van der Waals surface area contributed by atoms with E-state index >= 15 is 0 Å². The first-order valence-electron chi connectivity index (χ1n) is 9.05. The van der Waals surface area contributed by atoms with Crippen molar-refractivity contribution in [2.45, 2.75) is 51.5 Å². The van der Waals surface area contributed by atoms with E-state index in [-0.39, 0.29) is 11.9 Å². The smallest absolute Gasteiger partial charge is 0.273 e. The molecule has 0 aromatic carbocycles. The Hall–Kier alpha value is -1.66. The Kier molecular flexibility index (Phi) is 4.65. The fraction of sp³-hybridized carbons (Fsp3) is 0.579. The van der Waals surface area contributed by atoms with Crippen molar-refractivity contribution in [3.05, 3.63) is 29.0 Å². The molecule has 134 valence electrons. The average Bonchev–Trinajstić information content (AvgIpc) is 3.27. The summed E-state index contributed by atoms with van der Waals surface area (Å²) < 4.78 is 11.2. The summed E-state index contributed by atoms with van der Waals surface area (Å²) in [6.45, 7) is 3.58. The monoisotopic (exact) mass is 360 g/mol. The molecule has 0 bridgehead atoms. The van der Waals surface area contributed by atoms with E-state index in [2.05, 4.69) is 10.3 Å². The number of rotatable bonds is 3. The van der Waals surface area contributed by atoms with E-state index in [0.717, 1.165) is 30.9 Å². The van der Waals surface area contributed by atoms with Gasteiger partial charge in [-0.05, 0) is 62.3 Å². The lowest BCUT2D eigenvalue weighted by atomic mass is 9.68. The molecule has 1 aliphatic heterocycles. The standard InChI is InChI=1S/C19H24N2O3S/c1-13-16(21-18(24-13)15-3-2-12-25-15)17(22)20-14-4-6-19(7-5-14)8-10-23-11-9-19/h2-3,12,14H,4-11H2,1H3,(H,20,22). The summed E-state index contributed by atoms with van der Waals surface area (Å²) in [6, 6.07) is 4.14. The van der Waals surface area contributed by atoms with Gasteiger partial charge in [-0.1, -0.05) is 6.07 Å². The van der Waals surface area contributed by atoms with Crippen LogP contribution in [0.25, 0.3) is 10.8 Å². The molecule has 0 unspecified atom stereocenters. The molecule has 2 aliphatic rings. The number of nitrogens with zero attached hydrogens (tertiary/aromatic N) is 1. The van der Waals surface area contributed by atoms with Crippen LogP contribution in [0, 0.1) is 12.3 Å². The van der Waals surface area contributed by atoms with Gasteiger partial charge in [-0.25, -0.2) is 4.98 Å². The van der Waals surface area contributed by atoms with Crippen molar-refractivity contribution in [3.8, 4) is 10.8 Å². The molecule has 0 radical (unpaired) electrons. The van der Waals surface area contributed by atoms with Crippen LogP contribution >= 0.6 is 11.3 Å². The molecule has 6 heteroatoms. The summed E-state index contributed by atoms with van der Waals surface area (Å²) >= 11 is 1.56. The minimum absolute atomic E-state index is 0.114. The van der Waals surface area contributed by atoms with Gasteiger partial charge in [0, 0.05) is 19.3 Å². The van der Waals surface area contributed by atoms with Crippen LogP contribution in [-0.2, 0) is 4.74 Å². The van der Waals surface area contributed by atoms with Crippen LogP contribution in [0.5, 0.6) is 0 Å². The molecule has 1 amide bonds. The minimum Gasteiger partial charge on any atom is -0.440 e. The average molecular weight is 360 g/mol. The van der Waals surface area contributed by atoms with E-state index in [4.69, 9.17) is 9.15 Å². The molecule has 0 atom stereocenters. The Bertz CT molecular complexity index is 722. The highest BCUT2D eigenvalue weighted by molar-refractivity contribution is 7.13. The second kappa shape index (κ2) is 6.92. The van der Waals surface area contributed by atoms with E-state index < -0.39 is 0 Å². The summed E-state index contributed by atoms with van der Waals surface area (Å²) in [4.78, 5) is 18.0. The van der Waals surface area contributed by atoms with Gasteiger partial charge in [0.1, 0.15) is 5.76 Å². The molecule has 1 N–H and O–H groups in total. The van der Waals surface area contributed by atoms with Gasteiger partial charge >= 0.3 is 0 Å². The predicted octanol–water partition coefficient (Wildman–Crippen LogP) is 4.18. The van der Waals surface area contributed by atoms with Crippen molar-refractivity contribution in [2.75, 3.05) is 13.2 Å². The second-order valence-corrected chi connectivity index (χ2v) is 8.21. The number of thiophene rings is 1. The number of ether oxygens (including phenoxy) is 1. The van der Waals surface area contributed by atoms with Crippen LogP contribution in [0.1, 0.15) is 54.8 Å². The van der Waals surface area contributed by atoms with Gasteiger partial charge in [0.25, 0.3) is 5.91 Å². The highest BCUT2D eigenvalue weighted by Gasteiger charge is 2.37. The number of hydrogen-bond donors (Lipinski definition) is 1. The van der Waals surface area contributed by atoms with Crippen molar-refractivity contribution in [1.82, 2.24) is 10.3 Å². The van der Waals surface area contributed by atoms with E-state index in [1.165, 1.54) is 25.7 Å². The third-order valence-electron chi connectivity index (χ3n) is 5.68. The molecule has 1 saturated carbocycles. The number of amides is 1. The molecule has 2 aromatic heterocycles. The fourth-order valence-corrected chi connectivity index (χ4v) is 4.69. The lowest BCUT2D eigenvalue weighted by molar-refractivity contribution is -0.00903. The Morgan fingerprint density at radius 3 is 2.72 bits per heavy atom. The van der Waals surface area contributed by atoms with Crippen molar-refractivity contribution in [3.63, 3.8) is 0 Å². The number of carbonyl (C=O) groups excluding carboxylic acids is 1. The van der Waals surface area contributed by atoms with E-state index in [0.29, 0.717) is 22.8 Å². The third-order valence-corrected chi connectivity index (χ3v) is 6.54. The molecule has 1 spiro atoms. The lowest BCUT2D eigenvalue weighted by Crippen LogP contribution is -2.42. The number of nitrogens with one attached hydrogen (secondary N) is 1.